The Balaban J connectivity index is 1.99. The largest absolute Gasteiger partial charge is 0.381 e. The molecule has 0 fully saturated rings. The molecule has 0 aliphatic heterocycles. The standard InChI is InChI=1S/C12H13BrClN3/c1-2-17-8-9(7-16-17)6-15-10-3-4-12(14)11(13)5-10/h3-5,7-8,15H,2,6H2,1H3. The molecule has 0 saturated carbocycles. The van der Waals surface area contributed by atoms with Gasteiger partial charge in [0, 0.05) is 35.0 Å². The minimum Gasteiger partial charge on any atom is -0.381 e. The Labute approximate surface area is 114 Å². The number of hydrogen-bond acceptors (Lipinski definition) is 2. The first-order valence-electron chi connectivity index (χ1n) is 5.39. The monoisotopic (exact) mass is 313 g/mol. The average Bonchev–Trinajstić information content (AvgIpc) is 2.79. The Kier molecular flexibility index (Phi) is 4.07. The fourth-order valence-electron chi connectivity index (χ4n) is 1.48. The molecular formula is C12H13BrClN3. The van der Waals surface area contributed by atoms with Crippen LogP contribution in [0.4, 0.5) is 5.69 Å². The summed E-state index contributed by atoms with van der Waals surface area (Å²) in [5.74, 6) is 0. The maximum Gasteiger partial charge on any atom is 0.0549 e. The highest BCUT2D eigenvalue weighted by Gasteiger charge is 2.00. The lowest BCUT2D eigenvalue weighted by Crippen LogP contribution is -1.98. The highest BCUT2D eigenvalue weighted by atomic mass is 79.9. The number of benzene rings is 1. The van der Waals surface area contributed by atoms with Crippen molar-refractivity contribution in [2.75, 3.05) is 5.32 Å². The molecule has 5 heteroatoms. The summed E-state index contributed by atoms with van der Waals surface area (Å²) in [5, 5.41) is 8.27. The molecule has 0 aliphatic rings. The van der Waals surface area contributed by atoms with Crippen molar-refractivity contribution in [2.45, 2.75) is 20.0 Å². The van der Waals surface area contributed by atoms with Gasteiger partial charge in [-0.15, -0.1) is 0 Å². The molecule has 0 spiro atoms. The van der Waals surface area contributed by atoms with Crippen LogP contribution in [0.5, 0.6) is 0 Å². The summed E-state index contributed by atoms with van der Waals surface area (Å²) < 4.78 is 2.81. The maximum atomic E-state index is 5.93. The Morgan fingerprint density at radius 2 is 2.29 bits per heavy atom. The number of anilines is 1. The fourth-order valence-corrected chi connectivity index (χ4v) is 1.98. The van der Waals surface area contributed by atoms with Crippen LogP contribution in [0, 0.1) is 0 Å². The minimum absolute atomic E-state index is 0.717. The molecule has 1 heterocycles. The van der Waals surface area contributed by atoms with E-state index in [9.17, 15) is 0 Å². The SMILES string of the molecule is CCn1cc(CNc2ccc(Cl)c(Br)c2)cn1. The quantitative estimate of drug-likeness (QED) is 0.926. The van der Waals surface area contributed by atoms with Crippen LogP contribution in [0.2, 0.25) is 5.02 Å². The second-order valence-electron chi connectivity index (χ2n) is 3.69. The van der Waals surface area contributed by atoms with Crippen LogP contribution >= 0.6 is 27.5 Å². The van der Waals surface area contributed by atoms with E-state index in [-0.39, 0.29) is 0 Å². The average molecular weight is 315 g/mol. The van der Waals surface area contributed by atoms with Gasteiger partial charge in [-0.25, -0.2) is 0 Å². The van der Waals surface area contributed by atoms with Crippen LogP contribution in [0.15, 0.2) is 35.1 Å². The van der Waals surface area contributed by atoms with Gasteiger partial charge in [0.2, 0.25) is 0 Å². The molecule has 0 unspecified atom stereocenters. The van der Waals surface area contributed by atoms with Crippen molar-refractivity contribution < 1.29 is 0 Å². The van der Waals surface area contributed by atoms with E-state index in [1.165, 1.54) is 0 Å². The van der Waals surface area contributed by atoms with Crippen molar-refractivity contribution in [1.82, 2.24) is 9.78 Å². The van der Waals surface area contributed by atoms with Gasteiger partial charge in [-0.1, -0.05) is 11.6 Å². The summed E-state index contributed by atoms with van der Waals surface area (Å²) in [6, 6.07) is 5.79. The van der Waals surface area contributed by atoms with Gasteiger partial charge in [0.15, 0.2) is 0 Å². The van der Waals surface area contributed by atoms with Crippen molar-refractivity contribution in [3.05, 3.63) is 45.7 Å². The molecule has 90 valence electrons. The zero-order chi connectivity index (χ0) is 12.3. The summed E-state index contributed by atoms with van der Waals surface area (Å²) in [6.45, 7) is 3.72. The Bertz CT molecular complexity index is 510. The van der Waals surface area contributed by atoms with E-state index in [4.69, 9.17) is 11.6 Å². The zero-order valence-electron chi connectivity index (χ0n) is 9.45. The maximum absolute atomic E-state index is 5.93. The van der Waals surface area contributed by atoms with Crippen molar-refractivity contribution in [1.29, 1.82) is 0 Å². The van der Waals surface area contributed by atoms with Gasteiger partial charge in [-0.3, -0.25) is 4.68 Å². The van der Waals surface area contributed by atoms with Crippen LogP contribution in [-0.4, -0.2) is 9.78 Å². The van der Waals surface area contributed by atoms with Gasteiger partial charge in [-0.05, 0) is 41.1 Å². The number of nitrogens with one attached hydrogen (secondary N) is 1. The van der Waals surface area contributed by atoms with E-state index in [0.29, 0.717) is 5.02 Å². The molecule has 1 aromatic heterocycles. The van der Waals surface area contributed by atoms with E-state index in [1.54, 1.807) is 0 Å². The summed E-state index contributed by atoms with van der Waals surface area (Å²) in [6.07, 6.45) is 3.92. The van der Waals surface area contributed by atoms with Crippen molar-refractivity contribution in [2.24, 2.45) is 0 Å². The Morgan fingerprint density at radius 3 is 2.94 bits per heavy atom. The number of aromatic nitrogens is 2. The van der Waals surface area contributed by atoms with Crippen LogP contribution in [0.3, 0.4) is 0 Å². The van der Waals surface area contributed by atoms with E-state index in [0.717, 1.165) is 28.8 Å². The van der Waals surface area contributed by atoms with Crippen molar-refractivity contribution in [3.8, 4) is 0 Å². The second kappa shape index (κ2) is 5.56. The first-order chi connectivity index (χ1) is 8.19. The molecule has 3 nitrogen and oxygen atoms in total. The molecule has 2 aromatic rings. The third kappa shape index (κ3) is 3.23. The third-order valence-corrected chi connectivity index (χ3v) is 3.64. The van der Waals surface area contributed by atoms with Gasteiger partial charge >= 0.3 is 0 Å². The fraction of sp³-hybridized carbons (Fsp3) is 0.250. The predicted octanol–water partition coefficient (Wildman–Crippen LogP) is 3.93. The highest BCUT2D eigenvalue weighted by molar-refractivity contribution is 9.10. The number of nitrogens with zero attached hydrogens (tertiary/aromatic N) is 2. The Hall–Kier alpha value is -1.00. The van der Waals surface area contributed by atoms with Gasteiger partial charge in [0.1, 0.15) is 0 Å². The number of aryl methyl sites for hydroxylation is 1. The lowest BCUT2D eigenvalue weighted by atomic mass is 10.3. The van der Waals surface area contributed by atoms with E-state index in [2.05, 4.69) is 33.3 Å². The lowest BCUT2D eigenvalue weighted by molar-refractivity contribution is 0.659. The summed E-state index contributed by atoms with van der Waals surface area (Å²) >= 11 is 9.33. The molecule has 2 rings (SSSR count). The van der Waals surface area contributed by atoms with Crippen LogP contribution in [-0.2, 0) is 13.1 Å². The molecule has 0 amide bonds. The van der Waals surface area contributed by atoms with Gasteiger partial charge < -0.3 is 5.32 Å². The molecule has 17 heavy (non-hydrogen) atoms. The molecule has 1 aromatic carbocycles. The lowest BCUT2D eigenvalue weighted by Gasteiger charge is -2.05. The first kappa shape index (κ1) is 12.5. The van der Waals surface area contributed by atoms with Crippen LogP contribution in [0.1, 0.15) is 12.5 Å². The highest BCUT2D eigenvalue weighted by Crippen LogP contribution is 2.25. The van der Waals surface area contributed by atoms with Gasteiger partial charge in [0.25, 0.3) is 0 Å². The van der Waals surface area contributed by atoms with Gasteiger partial charge in [0.05, 0.1) is 11.2 Å². The van der Waals surface area contributed by atoms with Gasteiger partial charge in [-0.2, -0.15) is 5.10 Å². The van der Waals surface area contributed by atoms with E-state index in [1.807, 2.05) is 35.3 Å². The normalized spacial score (nSPS) is 10.5. The van der Waals surface area contributed by atoms with Crippen LogP contribution in [0.25, 0.3) is 0 Å². The molecule has 0 atom stereocenters. The molecule has 0 bridgehead atoms. The number of hydrogen-bond donors (Lipinski definition) is 1. The summed E-state index contributed by atoms with van der Waals surface area (Å²) in [7, 11) is 0. The smallest absolute Gasteiger partial charge is 0.0549 e. The van der Waals surface area contributed by atoms with E-state index >= 15 is 0 Å². The van der Waals surface area contributed by atoms with E-state index < -0.39 is 0 Å². The van der Waals surface area contributed by atoms with Crippen molar-refractivity contribution >= 4 is 33.2 Å². The predicted molar refractivity (Wildman–Crippen MR) is 74.4 cm³/mol. The van der Waals surface area contributed by atoms with Crippen molar-refractivity contribution in [3.63, 3.8) is 0 Å². The third-order valence-electron chi connectivity index (χ3n) is 2.43. The molecule has 0 aliphatic carbocycles. The molecular weight excluding hydrogens is 302 g/mol. The number of halogens is 2. The molecule has 0 radical (unpaired) electrons. The van der Waals surface area contributed by atoms with Crippen LogP contribution < -0.4 is 5.32 Å². The minimum atomic E-state index is 0.717. The number of rotatable bonds is 4. The summed E-state index contributed by atoms with van der Waals surface area (Å²) in [4.78, 5) is 0. The molecule has 0 saturated heterocycles. The molecule has 1 N–H and O–H groups in total. The topological polar surface area (TPSA) is 29.9 Å². The second-order valence-corrected chi connectivity index (χ2v) is 4.95. The Morgan fingerprint density at radius 1 is 1.47 bits per heavy atom. The zero-order valence-corrected chi connectivity index (χ0v) is 11.8. The summed E-state index contributed by atoms with van der Waals surface area (Å²) in [5.41, 5.74) is 2.20. The first-order valence-corrected chi connectivity index (χ1v) is 6.56.